The van der Waals surface area contributed by atoms with Gasteiger partial charge in [0, 0.05) is 35.4 Å². The maximum Gasteiger partial charge on any atom is 0.325 e. The lowest BCUT2D eigenvalue weighted by atomic mass is 10.0. The van der Waals surface area contributed by atoms with Gasteiger partial charge in [-0.2, -0.15) is 0 Å². The van der Waals surface area contributed by atoms with Gasteiger partial charge in [-0.1, -0.05) is 54.6 Å². The number of aliphatic hydroxyl groups is 1. The van der Waals surface area contributed by atoms with Crippen molar-refractivity contribution < 1.29 is 38.1 Å². The van der Waals surface area contributed by atoms with Gasteiger partial charge >= 0.3 is 11.7 Å². The van der Waals surface area contributed by atoms with Gasteiger partial charge in [0.1, 0.15) is 41.9 Å². The zero-order chi connectivity index (χ0) is 31.8. The number of ether oxygens (including phenoxy) is 3. The van der Waals surface area contributed by atoms with Gasteiger partial charge in [0.2, 0.25) is 5.75 Å². The van der Waals surface area contributed by atoms with Crippen LogP contribution in [0.5, 0.6) is 11.5 Å². The Balaban J connectivity index is 1.44. The minimum absolute atomic E-state index is 0.0299. The number of halogens is 1. The zero-order valence-corrected chi connectivity index (χ0v) is 24.1. The molecule has 0 aliphatic heterocycles. The molecule has 0 saturated heterocycles. The van der Waals surface area contributed by atoms with Gasteiger partial charge in [0.25, 0.3) is 0 Å². The van der Waals surface area contributed by atoms with E-state index in [-0.39, 0.29) is 43.4 Å². The summed E-state index contributed by atoms with van der Waals surface area (Å²) in [6.45, 7) is 0.829. The number of nitro groups is 1. The predicted molar refractivity (Wildman–Crippen MR) is 160 cm³/mol. The van der Waals surface area contributed by atoms with Gasteiger partial charge in [-0.25, -0.2) is 9.02 Å². The summed E-state index contributed by atoms with van der Waals surface area (Å²) in [5.74, 6) is -1.13. The topological polar surface area (TPSA) is 159 Å². The molecular formula is C32H29FN4O8. The minimum atomic E-state index is -1.07. The molecule has 0 saturated carbocycles. The molecule has 0 aliphatic rings. The summed E-state index contributed by atoms with van der Waals surface area (Å²) >= 11 is 0. The summed E-state index contributed by atoms with van der Waals surface area (Å²) in [7, 11) is 0. The Bertz CT molecular complexity index is 1800. The highest BCUT2D eigenvalue weighted by Gasteiger charge is 2.24. The third-order valence-electron chi connectivity index (χ3n) is 6.89. The average Bonchev–Trinajstić information content (AvgIpc) is 3.52. The van der Waals surface area contributed by atoms with Crippen LogP contribution in [-0.2, 0) is 29.3 Å². The van der Waals surface area contributed by atoms with Gasteiger partial charge in [0.05, 0.1) is 18.1 Å². The van der Waals surface area contributed by atoms with E-state index >= 15 is 4.39 Å². The summed E-state index contributed by atoms with van der Waals surface area (Å²) in [4.78, 5) is 23.7. The molecule has 0 radical (unpaired) electrons. The van der Waals surface area contributed by atoms with Gasteiger partial charge in [-0.15, -0.1) is 0 Å². The number of aromatic nitrogens is 2. The molecular weight excluding hydrogens is 587 g/mol. The quantitative estimate of drug-likeness (QED) is 0.0970. The highest BCUT2D eigenvalue weighted by molar-refractivity contribution is 5.76. The summed E-state index contributed by atoms with van der Waals surface area (Å²) in [6, 6.07) is 20.6. The molecule has 4 aromatic carbocycles. The van der Waals surface area contributed by atoms with E-state index in [1.54, 1.807) is 67.6 Å². The molecule has 1 aromatic heterocycles. The number of nitrogens with zero attached hydrogens (tertiary/aromatic N) is 3. The molecule has 1 heterocycles. The second-order valence-electron chi connectivity index (χ2n) is 9.86. The number of esters is 1. The van der Waals surface area contributed by atoms with Crippen LogP contribution in [0.25, 0.3) is 22.2 Å². The molecule has 2 N–H and O–H groups in total. The summed E-state index contributed by atoms with van der Waals surface area (Å²) in [6.07, 6.45) is 0. The van der Waals surface area contributed by atoms with Crippen LogP contribution in [0, 0.1) is 15.9 Å². The van der Waals surface area contributed by atoms with Crippen molar-refractivity contribution in [1.29, 1.82) is 0 Å². The first-order valence-corrected chi connectivity index (χ1v) is 14.0. The maximum atomic E-state index is 15.5. The second kappa shape index (κ2) is 14.4. The number of aliphatic hydroxyl groups excluding tert-OH is 1. The summed E-state index contributed by atoms with van der Waals surface area (Å²) in [5, 5.41) is 32.3. The Morgan fingerprint density at radius 3 is 2.51 bits per heavy atom. The van der Waals surface area contributed by atoms with Gasteiger partial charge in [0.15, 0.2) is 0 Å². The van der Waals surface area contributed by atoms with Gasteiger partial charge < -0.3 is 19.3 Å². The third kappa shape index (κ3) is 7.40. The number of carbonyl (C=O) groups is 1. The molecule has 5 aromatic rings. The highest BCUT2D eigenvalue weighted by atomic mass is 19.1. The molecule has 12 nitrogen and oxygen atoms in total. The highest BCUT2D eigenvalue weighted by Crippen LogP contribution is 2.36. The van der Waals surface area contributed by atoms with Crippen molar-refractivity contribution in [2.45, 2.75) is 32.7 Å². The standard InChI is InChI=1S/C32H29FN4O8/c1-2-42-32(39)27(17-38)34-16-23-14-28(37(40)41)30(15-29(23)43-18-20-11-12-25-26(13-20)36-45-35-25)44-19-22-9-6-10-24(31(22)33)21-7-4-3-5-8-21/h3-15,27,34,38H,2,16-19H2,1H3. The fraction of sp³-hybridized carbons (Fsp3) is 0.219. The molecule has 13 heteroatoms. The van der Waals surface area contributed by atoms with Crippen molar-refractivity contribution in [3.8, 4) is 22.6 Å². The van der Waals surface area contributed by atoms with E-state index in [1.165, 1.54) is 12.1 Å². The van der Waals surface area contributed by atoms with Crippen molar-refractivity contribution in [3.05, 3.63) is 111 Å². The van der Waals surface area contributed by atoms with Crippen LogP contribution in [0.15, 0.2) is 83.5 Å². The Labute approximate surface area is 256 Å². The lowest BCUT2D eigenvalue weighted by molar-refractivity contribution is -0.386. The van der Waals surface area contributed by atoms with E-state index < -0.39 is 35.0 Å². The average molecular weight is 617 g/mol. The Morgan fingerprint density at radius 2 is 1.76 bits per heavy atom. The maximum absolute atomic E-state index is 15.5. The van der Waals surface area contributed by atoms with Crippen molar-refractivity contribution in [1.82, 2.24) is 15.6 Å². The fourth-order valence-electron chi connectivity index (χ4n) is 4.59. The Morgan fingerprint density at radius 1 is 0.978 bits per heavy atom. The number of fused-ring (bicyclic) bond motifs is 1. The van der Waals surface area contributed by atoms with Crippen LogP contribution < -0.4 is 14.8 Å². The first kappa shape index (κ1) is 31.0. The molecule has 0 fully saturated rings. The van der Waals surface area contributed by atoms with E-state index in [1.807, 2.05) is 6.07 Å². The SMILES string of the molecule is CCOC(=O)C(CO)NCc1cc([N+](=O)[O-])c(OCc2cccc(-c3ccccc3)c2F)cc1OCc1ccc2nonc2c1. The lowest BCUT2D eigenvalue weighted by Crippen LogP contribution is -2.40. The Kier molecular flexibility index (Phi) is 9.92. The third-order valence-corrected chi connectivity index (χ3v) is 6.89. The van der Waals surface area contributed by atoms with Crippen molar-refractivity contribution in [2.75, 3.05) is 13.2 Å². The number of rotatable bonds is 14. The normalized spacial score (nSPS) is 11.7. The molecule has 0 spiro atoms. The van der Waals surface area contributed by atoms with Crippen molar-refractivity contribution in [3.63, 3.8) is 0 Å². The fourth-order valence-corrected chi connectivity index (χ4v) is 4.59. The molecule has 1 unspecified atom stereocenters. The van der Waals surface area contributed by atoms with Gasteiger partial charge in [-0.05, 0) is 40.5 Å². The molecule has 0 aliphatic carbocycles. The molecule has 0 amide bonds. The van der Waals surface area contributed by atoms with E-state index in [0.717, 1.165) is 0 Å². The van der Waals surface area contributed by atoms with Crippen molar-refractivity contribution >= 4 is 22.7 Å². The minimum Gasteiger partial charge on any atom is -0.488 e. The molecule has 45 heavy (non-hydrogen) atoms. The number of carbonyl (C=O) groups excluding carboxylic acids is 1. The molecule has 1 atom stereocenters. The lowest BCUT2D eigenvalue weighted by Gasteiger charge is -2.18. The van der Waals surface area contributed by atoms with Crippen LogP contribution in [0.3, 0.4) is 0 Å². The molecule has 232 valence electrons. The second-order valence-corrected chi connectivity index (χ2v) is 9.86. The summed E-state index contributed by atoms with van der Waals surface area (Å²) < 4.78 is 37.1. The number of benzene rings is 4. The largest absolute Gasteiger partial charge is 0.488 e. The predicted octanol–water partition coefficient (Wildman–Crippen LogP) is 5.11. The molecule has 0 bridgehead atoms. The van der Waals surface area contributed by atoms with Crippen LogP contribution >= 0.6 is 0 Å². The number of nitro benzene ring substituents is 1. The summed E-state index contributed by atoms with van der Waals surface area (Å²) in [5.41, 5.74) is 2.95. The first-order valence-electron chi connectivity index (χ1n) is 14.0. The number of hydrogen-bond donors (Lipinski definition) is 2. The van der Waals surface area contributed by atoms with E-state index in [2.05, 4.69) is 15.6 Å². The first-order chi connectivity index (χ1) is 21.9. The van der Waals surface area contributed by atoms with E-state index in [4.69, 9.17) is 18.8 Å². The monoisotopic (exact) mass is 616 g/mol. The number of hydrogen-bond acceptors (Lipinski definition) is 11. The van der Waals surface area contributed by atoms with Crippen LogP contribution in [0.4, 0.5) is 10.1 Å². The van der Waals surface area contributed by atoms with E-state index in [0.29, 0.717) is 33.3 Å². The Hall–Kier alpha value is -5.40. The van der Waals surface area contributed by atoms with Crippen LogP contribution in [0.2, 0.25) is 0 Å². The van der Waals surface area contributed by atoms with Crippen LogP contribution in [-0.4, -0.2) is 45.6 Å². The molecule has 5 rings (SSSR count). The smallest absolute Gasteiger partial charge is 0.325 e. The van der Waals surface area contributed by atoms with E-state index in [9.17, 15) is 20.0 Å². The number of nitrogens with one attached hydrogen (secondary N) is 1. The van der Waals surface area contributed by atoms with Gasteiger partial charge in [-0.3, -0.25) is 20.2 Å². The van der Waals surface area contributed by atoms with Crippen molar-refractivity contribution in [2.24, 2.45) is 0 Å². The zero-order valence-electron chi connectivity index (χ0n) is 24.1. The van der Waals surface area contributed by atoms with Crippen LogP contribution in [0.1, 0.15) is 23.6 Å².